The fourth-order valence-electron chi connectivity index (χ4n) is 3.60. The van der Waals surface area contributed by atoms with Gasteiger partial charge in [-0.25, -0.2) is 4.98 Å². The molecule has 8 heteroatoms. The third kappa shape index (κ3) is 3.27. The number of nitrogens with zero attached hydrogens (tertiary/aromatic N) is 4. The number of amides is 2. The predicted molar refractivity (Wildman–Crippen MR) is 88.6 cm³/mol. The van der Waals surface area contributed by atoms with Gasteiger partial charge in [-0.15, -0.1) is 0 Å². The number of nitrogens with one attached hydrogen (secondary N) is 1. The Morgan fingerprint density at radius 2 is 2.12 bits per heavy atom. The smallest absolute Gasteiger partial charge is 0.228 e. The van der Waals surface area contributed by atoms with Gasteiger partial charge in [0.25, 0.3) is 0 Å². The molecule has 1 aromatic rings. The minimum atomic E-state index is -0.283. The number of carbonyl (C=O) groups is 2. The van der Waals surface area contributed by atoms with Crippen LogP contribution in [0.5, 0.6) is 0 Å². The molecule has 2 aliphatic heterocycles. The number of hydrogen-bond donors (Lipinski definition) is 1. The monoisotopic (exact) mass is 347 g/mol. The largest absolute Gasteiger partial charge is 0.367 e. The van der Waals surface area contributed by atoms with E-state index in [1.165, 1.54) is 0 Å². The summed E-state index contributed by atoms with van der Waals surface area (Å²) < 4.78 is 5.79. The van der Waals surface area contributed by atoms with E-state index in [1.807, 2.05) is 23.6 Å². The second-order valence-electron chi connectivity index (χ2n) is 7.56. The molecule has 1 aliphatic carbocycles. The molecular weight excluding hydrogens is 322 g/mol. The zero-order valence-corrected chi connectivity index (χ0v) is 14.8. The highest BCUT2D eigenvalue weighted by Crippen LogP contribution is 2.33. The number of aromatic amines is 1. The van der Waals surface area contributed by atoms with E-state index in [4.69, 9.17) is 4.74 Å². The van der Waals surface area contributed by atoms with Crippen molar-refractivity contribution in [2.24, 2.45) is 5.92 Å². The van der Waals surface area contributed by atoms with E-state index in [0.717, 1.165) is 18.7 Å². The van der Waals surface area contributed by atoms with E-state index in [-0.39, 0.29) is 29.8 Å². The Morgan fingerprint density at radius 3 is 2.80 bits per heavy atom. The van der Waals surface area contributed by atoms with Crippen LogP contribution in [0.1, 0.15) is 56.8 Å². The van der Waals surface area contributed by atoms with Crippen molar-refractivity contribution in [3.8, 4) is 0 Å². The number of hydrogen-bond acceptors (Lipinski definition) is 5. The van der Waals surface area contributed by atoms with Crippen molar-refractivity contribution in [1.29, 1.82) is 0 Å². The van der Waals surface area contributed by atoms with Gasteiger partial charge in [0.15, 0.2) is 11.6 Å². The lowest BCUT2D eigenvalue weighted by Gasteiger charge is -2.33. The second kappa shape index (κ2) is 6.40. The van der Waals surface area contributed by atoms with Gasteiger partial charge in [-0.3, -0.25) is 14.7 Å². The first-order chi connectivity index (χ1) is 12.0. The van der Waals surface area contributed by atoms with E-state index < -0.39 is 0 Å². The van der Waals surface area contributed by atoms with Gasteiger partial charge in [0, 0.05) is 31.5 Å². The third-order valence-corrected chi connectivity index (χ3v) is 5.21. The molecule has 3 fully saturated rings. The summed E-state index contributed by atoms with van der Waals surface area (Å²) in [7, 11) is 0. The van der Waals surface area contributed by atoms with Crippen molar-refractivity contribution < 1.29 is 14.3 Å². The molecule has 1 aromatic heterocycles. The molecule has 1 N–H and O–H groups in total. The summed E-state index contributed by atoms with van der Waals surface area (Å²) >= 11 is 0. The number of carbonyl (C=O) groups excluding carboxylic acids is 2. The summed E-state index contributed by atoms with van der Waals surface area (Å²) in [6, 6.07) is 0.381. The van der Waals surface area contributed by atoms with Crippen LogP contribution in [0.15, 0.2) is 0 Å². The van der Waals surface area contributed by atoms with Gasteiger partial charge in [0.2, 0.25) is 11.8 Å². The number of morpholine rings is 1. The van der Waals surface area contributed by atoms with Crippen LogP contribution in [0.2, 0.25) is 0 Å². The van der Waals surface area contributed by atoms with Gasteiger partial charge >= 0.3 is 0 Å². The van der Waals surface area contributed by atoms with Crippen molar-refractivity contribution >= 4 is 11.8 Å². The Hall–Kier alpha value is -1.96. The number of aromatic nitrogens is 3. The summed E-state index contributed by atoms with van der Waals surface area (Å²) in [5.74, 6) is 1.64. The molecule has 3 heterocycles. The molecule has 0 bridgehead atoms. The lowest BCUT2D eigenvalue weighted by molar-refractivity contribution is -0.143. The molecule has 4 rings (SSSR count). The molecule has 25 heavy (non-hydrogen) atoms. The van der Waals surface area contributed by atoms with Crippen LogP contribution in [0.4, 0.5) is 0 Å². The molecule has 1 saturated carbocycles. The van der Waals surface area contributed by atoms with E-state index in [2.05, 4.69) is 15.2 Å². The average Bonchev–Trinajstić information content (AvgIpc) is 3.18. The van der Waals surface area contributed by atoms with E-state index >= 15 is 0 Å². The highest BCUT2D eigenvalue weighted by molar-refractivity contribution is 5.89. The zero-order valence-electron chi connectivity index (χ0n) is 14.8. The minimum Gasteiger partial charge on any atom is -0.367 e. The Bertz CT molecular complexity index is 669. The average molecular weight is 347 g/mol. The fraction of sp³-hybridized carbons (Fsp3) is 0.765. The Kier molecular flexibility index (Phi) is 4.23. The lowest BCUT2D eigenvalue weighted by atomic mass is 10.1. The van der Waals surface area contributed by atoms with E-state index in [1.54, 1.807) is 0 Å². The molecule has 136 valence electrons. The normalized spacial score (nSPS) is 27.4. The summed E-state index contributed by atoms with van der Waals surface area (Å²) in [5.41, 5.74) is 0. The molecule has 2 amide bonds. The SMILES string of the molecule is CC(C)c1n[nH]c([C@H]2CN(C(=O)[C@@H]3CC(=O)N(C4CC4)C3)CCO2)n1. The van der Waals surface area contributed by atoms with Crippen LogP contribution >= 0.6 is 0 Å². The molecule has 8 nitrogen and oxygen atoms in total. The topological polar surface area (TPSA) is 91.4 Å². The van der Waals surface area contributed by atoms with Crippen molar-refractivity contribution in [1.82, 2.24) is 25.0 Å². The highest BCUT2D eigenvalue weighted by atomic mass is 16.5. The van der Waals surface area contributed by atoms with Gasteiger partial charge in [-0.2, -0.15) is 5.10 Å². The summed E-state index contributed by atoms with van der Waals surface area (Å²) in [4.78, 5) is 33.2. The third-order valence-electron chi connectivity index (χ3n) is 5.21. The predicted octanol–water partition coefficient (Wildman–Crippen LogP) is 0.839. The van der Waals surface area contributed by atoms with Crippen molar-refractivity contribution in [2.75, 3.05) is 26.2 Å². The van der Waals surface area contributed by atoms with Crippen LogP contribution in [0.3, 0.4) is 0 Å². The molecule has 2 atom stereocenters. The maximum Gasteiger partial charge on any atom is 0.228 e. The van der Waals surface area contributed by atoms with Gasteiger partial charge in [0.05, 0.1) is 19.1 Å². The molecule has 0 aromatic carbocycles. The first-order valence-electron chi connectivity index (χ1n) is 9.15. The van der Waals surface area contributed by atoms with E-state index in [9.17, 15) is 9.59 Å². The zero-order chi connectivity index (χ0) is 17.6. The van der Waals surface area contributed by atoms with Gasteiger partial charge < -0.3 is 14.5 Å². The van der Waals surface area contributed by atoms with Crippen molar-refractivity contribution in [3.63, 3.8) is 0 Å². The van der Waals surface area contributed by atoms with Crippen LogP contribution in [0.25, 0.3) is 0 Å². The maximum absolute atomic E-state index is 12.9. The van der Waals surface area contributed by atoms with Gasteiger partial charge in [-0.05, 0) is 12.8 Å². The standard InChI is InChI=1S/C17H25N5O3/c1-10(2)15-18-16(20-19-15)13-9-21(5-6-25-13)17(24)11-7-14(23)22(8-11)12-3-4-12/h10-13H,3-9H2,1-2H3,(H,18,19,20)/t11-,13-/m1/s1. The number of likely N-dealkylation sites (tertiary alicyclic amines) is 1. The first-order valence-corrected chi connectivity index (χ1v) is 9.15. The summed E-state index contributed by atoms with van der Waals surface area (Å²) in [5, 5.41) is 7.15. The molecular formula is C17H25N5O3. The molecule has 0 unspecified atom stereocenters. The lowest BCUT2D eigenvalue weighted by Crippen LogP contribution is -2.45. The van der Waals surface area contributed by atoms with Crippen LogP contribution in [-0.2, 0) is 14.3 Å². The number of rotatable bonds is 4. The number of H-pyrrole nitrogens is 1. The molecule has 0 radical (unpaired) electrons. The van der Waals surface area contributed by atoms with Crippen LogP contribution in [-0.4, -0.2) is 69.1 Å². The van der Waals surface area contributed by atoms with Crippen molar-refractivity contribution in [3.05, 3.63) is 11.6 Å². The van der Waals surface area contributed by atoms with Gasteiger partial charge in [0.1, 0.15) is 6.10 Å². The molecule has 2 saturated heterocycles. The van der Waals surface area contributed by atoms with Crippen molar-refractivity contribution in [2.45, 2.75) is 51.2 Å². The Labute approximate surface area is 146 Å². The minimum absolute atomic E-state index is 0.0633. The quantitative estimate of drug-likeness (QED) is 0.871. The second-order valence-corrected chi connectivity index (χ2v) is 7.56. The first kappa shape index (κ1) is 16.5. The summed E-state index contributed by atoms with van der Waals surface area (Å²) in [6.45, 7) is 6.14. The molecule has 3 aliphatic rings. The highest BCUT2D eigenvalue weighted by Gasteiger charge is 2.43. The number of ether oxygens (including phenoxy) is 1. The Morgan fingerprint density at radius 1 is 1.32 bits per heavy atom. The summed E-state index contributed by atoms with van der Waals surface area (Å²) in [6.07, 6.45) is 2.22. The van der Waals surface area contributed by atoms with Gasteiger partial charge in [-0.1, -0.05) is 13.8 Å². The maximum atomic E-state index is 12.9. The van der Waals surface area contributed by atoms with Crippen LogP contribution in [0, 0.1) is 5.92 Å². The van der Waals surface area contributed by atoms with E-state index in [0.29, 0.717) is 44.5 Å². The Balaban J connectivity index is 1.40. The molecule has 0 spiro atoms. The fourth-order valence-corrected chi connectivity index (χ4v) is 3.60. The van der Waals surface area contributed by atoms with Crippen LogP contribution < -0.4 is 0 Å².